The van der Waals surface area contributed by atoms with Gasteiger partial charge in [0, 0.05) is 77.9 Å². The van der Waals surface area contributed by atoms with Crippen LogP contribution in [0, 0.1) is 0 Å². The molecule has 0 N–H and O–H groups in total. The monoisotopic (exact) mass is 1560 g/mol. The fourth-order valence-electron chi connectivity index (χ4n) is 19.6. The molecule has 0 unspecified atom stereocenters. The zero-order valence-corrected chi connectivity index (χ0v) is 68.6. The lowest BCUT2D eigenvalue weighted by Crippen LogP contribution is -2.16. The summed E-state index contributed by atoms with van der Waals surface area (Å²) in [6.45, 7) is 17.4. The Kier molecular flexibility index (Phi) is 17.6. The summed E-state index contributed by atoms with van der Waals surface area (Å²) in [4.78, 5) is 4.81. The van der Waals surface area contributed by atoms with Gasteiger partial charge in [0.25, 0.3) is 0 Å². The van der Waals surface area contributed by atoms with Crippen molar-refractivity contribution in [1.29, 1.82) is 0 Å². The Labute approximate surface area is 713 Å². The maximum absolute atomic E-state index is 3.98. The van der Waals surface area contributed by atoms with Gasteiger partial charge >= 0.3 is 0 Å². The summed E-state index contributed by atoms with van der Waals surface area (Å²) < 4.78 is 4.90. The van der Waals surface area contributed by atoms with E-state index in [4.69, 9.17) is 0 Å². The molecule has 0 atom stereocenters. The van der Waals surface area contributed by atoms with E-state index in [0.29, 0.717) is 0 Å². The Hall–Kier alpha value is -15.4. The highest BCUT2D eigenvalue weighted by Crippen LogP contribution is 2.54. The predicted molar refractivity (Wildman–Crippen MR) is 518 cm³/mol. The van der Waals surface area contributed by atoms with E-state index in [0.717, 1.165) is 112 Å². The maximum atomic E-state index is 3.98. The first kappa shape index (κ1) is 73.0. The topological polar surface area (TPSA) is 16.3 Å². The van der Waals surface area contributed by atoms with Gasteiger partial charge in [-0.15, -0.1) is 0 Å². The van der Waals surface area contributed by atoms with E-state index in [1.807, 2.05) is 12.2 Å². The molecule has 18 aromatic carbocycles. The van der Waals surface area contributed by atoms with Crippen LogP contribution in [-0.2, 0) is 10.8 Å². The van der Waals surface area contributed by atoms with Crippen molar-refractivity contribution in [2.75, 3.05) is 9.80 Å². The number of benzene rings is 18. The van der Waals surface area contributed by atoms with Crippen LogP contribution in [0.4, 0.5) is 34.1 Å². The number of aromatic nitrogens is 2. The number of fused-ring (bicyclic) bond motifs is 12. The van der Waals surface area contributed by atoms with Crippen LogP contribution in [0.3, 0.4) is 0 Å². The van der Waals surface area contributed by atoms with Gasteiger partial charge in [-0.25, -0.2) is 0 Å². The van der Waals surface area contributed by atoms with Crippen molar-refractivity contribution in [1.82, 2.24) is 9.13 Å². The zero-order chi connectivity index (χ0) is 81.9. The Balaban J connectivity index is 0.591. The highest BCUT2D eigenvalue weighted by Gasteiger charge is 2.38. The molecular formula is C118H86N4. The summed E-state index contributed by atoms with van der Waals surface area (Å²) in [7, 11) is 0. The van der Waals surface area contributed by atoms with Gasteiger partial charge in [0.1, 0.15) is 0 Å². The number of anilines is 6. The summed E-state index contributed by atoms with van der Waals surface area (Å²) in [6, 6.07) is 153. The van der Waals surface area contributed by atoms with Gasteiger partial charge in [-0.1, -0.05) is 320 Å². The average molecular weight is 1560 g/mol. The van der Waals surface area contributed by atoms with Crippen molar-refractivity contribution in [3.8, 4) is 112 Å². The zero-order valence-electron chi connectivity index (χ0n) is 68.6. The van der Waals surface area contributed by atoms with Gasteiger partial charge in [0.05, 0.1) is 22.1 Å². The van der Waals surface area contributed by atoms with Gasteiger partial charge < -0.3 is 18.9 Å². The van der Waals surface area contributed by atoms with Crippen LogP contribution in [0.5, 0.6) is 0 Å². The second kappa shape index (κ2) is 29.3. The van der Waals surface area contributed by atoms with E-state index in [1.165, 1.54) is 111 Å². The molecule has 4 heteroatoms. The van der Waals surface area contributed by atoms with Crippen LogP contribution in [0.15, 0.2) is 426 Å². The molecule has 0 amide bonds. The first-order chi connectivity index (χ1) is 59.8. The Morgan fingerprint density at radius 3 is 0.730 bits per heavy atom. The van der Waals surface area contributed by atoms with Crippen LogP contribution in [-0.4, -0.2) is 9.13 Å². The predicted octanol–water partition coefficient (Wildman–Crippen LogP) is 32.4. The van der Waals surface area contributed by atoms with E-state index in [-0.39, 0.29) is 10.8 Å². The summed E-state index contributed by atoms with van der Waals surface area (Å²) in [5, 5.41) is 4.79. The number of nitrogens with zero attached hydrogens (tertiary/aromatic N) is 4. The molecule has 2 aliphatic rings. The first-order valence-electron chi connectivity index (χ1n) is 42.3. The summed E-state index contributed by atoms with van der Waals surface area (Å²) in [5.41, 5.74) is 42.3. The van der Waals surface area contributed by atoms with Gasteiger partial charge in [0.2, 0.25) is 0 Å². The van der Waals surface area contributed by atoms with Crippen molar-refractivity contribution < 1.29 is 0 Å². The second-order valence-electron chi connectivity index (χ2n) is 33.7. The van der Waals surface area contributed by atoms with E-state index < -0.39 is 0 Å². The normalized spacial score (nSPS) is 12.8. The number of rotatable bonds is 17. The summed E-state index contributed by atoms with van der Waals surface area (Å²) in [6.07, 6.45) is 3.78. The van der Waals surface area contributed by atoms with E-state index in [9.17, 15) is 0 Å². The molecule has 0 fully saturated rings. The molecule has 122 heavy (non-hydrogen) atoms. The third-order valence-electron chi connectivity index (χ3n) is 26.1. The Morgan fingerprint density at radius 2 is 0.434 bits per heavy atom. The van der Waals surface area contributed by atoms with Gasteiger partial charge in [-0.05, 0) is 279 Å². The SMILES string of the molecule is C=Cc1ccc(-c2ccc(N(c3ccc(-c4ccc(-n5c6ccc(-c7ccccc7)cc6c6cc(-c7ccc8c(c7)c7cc(-c9ccccc9)ccc7n8-c7ccc(-c8ccc(N(c9ccc(-c%10ccc(C=C)cc%10)cc9)c9ccc%10c(c9)C(C)(C)c9ccccc9-%10)cc8)cc7)ccc65)cc4)cc3)c3ccc4c(c3)C(C)(C)c3ccccc3-4)cc2)cc1. The molecule has 4 nitrogen and oxygen atoms in total. The molecule has 2 aromatic heterocycles. The number of hydrogen-bond donors (Lipinski definition) is 0. The Morgan fingerprint density at radius 1 is 0.205 bits per heavy atom. The lowest BCUT2D eigenvalue weighted by atomic mass is 9.82. The molecule has 0 aliphatic heterocycles. The van der Waals surface area contributed by atoms with Gasteiger partial charge in [-0.2, -0.15) is 0 Å². The highest BCUT2D eigenvalue weighted by atomic mass is 15.1. The number of hydrogen-bond acceptors (Lipinski definition) is 2. The van der Waals surface area contributed by atoms with Crippen LogP contribution in [0.25, 0.3) is 167 Å². The average Bonchev–Trinajstić information content (AvgIpc) is 1.58. The molecule has 0 bridgehead atoms. The smallest absolute Gasteiger partial charge is 0.0541 e. The fourth-order valence-corrected chi connectivity index (χ4v) is 19.6. The van der Waals surface area contributed by atoms with E-state index in [1.54, 1.807) is 0 Å². The molecule has 20 aromatic rings. The third kappa shape index (κ3) is 12.4. The third-order valence-corrected chi connectivity index (χ3v) is 26.1. The standard InChI is InChI=1S/C118H86N4/c1-7-77-27-31-81(32-28-77)83-35-51-93(52-36-83)119(99-63-65-103-101-23-15-17-25-109(101)117(3,4)111(103)75-99)95-55-39-85(40-56-95)87-43-59-97(60-44-87)121-113-67-47-89(79-19-11-9-12-20-79)71-105(113)107-73-91(49-69-115(107)121)92-50-70-116-108(74-92)106-72-90(80-21-13-10-14-22-80)48-68-114(106)122(116)98-61-45-88(46-62-98)86-41-57-96(58-42-86)120(94-53-37-84(38-54-94)82-33-29-78(8-2)30-34-82)100-64-66-104-102-24-16-18-26-110(102)118(5,6)112(104)76-100/h7-76H,1-2H2,3-6H3. The van der Waals surface area contributed by atoms with Crippen molar-refractivity contribution in [3.63, 3.8) is 0 Å². The summed E-state index contributed by atoms with van der Waals surface area (Å²) in [5.74, 6) is 0. The van der Waals surface area contributed by atoms with Crippen molar-refractivity contribution >= 4 is 89.9 Å². The highest BCUT2D eigenvalue weighted by molar-refractivity contribution is 6.14. The fraction of sp³-hybridized carbons (Fsp3) is 0.0508. The Bertz CT molecular complexity index is 7040. The molecular weight excluding hydrogens is 1470 g/mol. The molecule has 0 saturated heterocycles. The molecule has 578 valence electrons. The molecule has 2 heterocycles. The molecule has 0 spiro atoms. The van der Waals surface area contributed by atoms with Gasteiger partial charge in [0.15, 0.2) is 0 Å². The minimum atomic E-state index is -0.148. The summed E-state index contributed by atoms with van der Waals surface area (Å²) >= 11 is 0. The minimum absolute atomic E-state index is 0.148. The maximum Gasteiger partial charge on any atom is 0.0541 e. The second-order valence-corrected chi connectivity index (χ2v) is 33.7. The molecule has 22 rings (SSSR count). The van der Waals surface area contributed by atoms with E-state index >= 15 is 0 Å². The van der Waals surface area contributed by atoms with Crippen LogP contribution < -0.4 is 9.80 Å². The van der Waals surface area contributed by atoms with Crippen molar-refractivity contribution in [2.45, 2.75) is 38.5 Å². The van der Waals surface area contributed by atoms with Crippen molar-refractivity contribution in [2.24, 2.45) is 0 Å². The van der Waals surface area contributed by atoms with Crippen LogP contribution >= 0.6 is 0 Å². The first-order valence-corrected chi connectivity index (χ1v) is 42.3. The lowest BCUT2D eigenvalue weighted by molar-refractivity contribution is 0.660. The molecule has 0 radical (unpaired) electrons. The quantitative estimate of drug-likeness (QED) is 0.0903. The van der Waals surface area contributed by atoms with Crippen LogP contribution in [0.2, 0.25) is 0 Å². The molecule has 2 aliphatic carbocycles. The van der Waals surface area contributed by atoms with Gasteiger partial charge in [-0.3, -0.25) is 0 Å². The van der Waals surface area contributed by atoms with E-state index in [2.05, 4.69) is 472 Å². The van der Waals surface area contributed by atoms with Crippen LogP contribution in [0.1, 0.15) is 61.1 Å². The lowest BCUT2D eigenvalue weighted by Gasteiger charge is -2.28. The minimum Gasteiger partial charge on any atom is -0.310 e. The molecule has 0 saturated carbocycles. The largest absolute Gasteiger partial charge is 0.310 e. The van der Waals surface area contributed by atoms with Crippen molar-refractivity contribution in [3.05, 3.63) is 459 Å².